The van der Waals surface area contributed by atoms with E-state index in [1.54, 1.807) is 0 Å². The van der Waals surface area contributed by atoms with Gasteiger partial charge in [0, 0.05) is 12.6 Å². The maximum absolute atomic E-state index is 8.83. The molecular weight excluding hydrogens is 495 g/mol. The topological polar surface area (TPSA) is 30.3 Å². The first-order valence-electron chi connectivity index (χ1n) is 4.69. The monoisotopic (exact) mass is 508 g/mol. The van der Waals surface area contributed by atoms with E-state index in [-0.39, 0.29) is 59.7 Å². The zero-order valence-electron chi connectivity index (χ0n) is 8.74. The van der Waals surface area contributed by atoms with Crippen LogP contribution < -0.4 is 29.4 Å². The van der Waals surface area contributed by atoms with E-state index in [4.69, 9.17) is 5.26 Å². The van der Waals surface area contributed by atoms with Crippen molar-refractivity contribution in [3.63, 3.8) is 0 Å². The SMILES string of the molecule is N#CC[N+]12CN3CN(CP(C3)C1)C2.[Au+].[Br-].[Cl-]. The summed E-state index contributed by atoms with van der Waals surface area (Å²) < 4.78 is 1.04. The quantitative estimate of drug-likeness (QED) is 0.153. The van der Waals surface area contributed by atoms with E-state index in [2.05, 4.69) is 15.9 Å². The van der Waals surface area contributed by atoms with Gasteiger partial charge in [0.25, 0.3) is 0 Å². The van der Waals surface area contributed by atoms with Crippen molar-refractivity contribution in [2.24, 2.45) is 0 Å². The van der Waals surface area contributed by atoms with Crippen LogP contribution in [0.25, 0.3) is 0 Å². The minimum absolute atomic E-state index is 0. The molecule has 2 unspecified atom stereocenters. The van der Waals surface area contributed by atoms with E-state index >= 15 is 0 Å². The smallest absolute Gasteiger partial charge is 1.00 e. The molecule has 0 aliphatic carbocycles. The molecular formula is C8H14AuBrClN4P. The molecule has 0 aromatic carbocycles. The minimum atomic E-state index is 0. The third-order valence-electron chi connectivity index (χ3n) is 3.11. The number of rotatable bonds is 1. The van der Waals surface area contributed by atoms with Crippen molar-refractivity contribution >= 4 is 7.92 Å². The molecule has 0 radical (unpaired) electrons. The van der Waals surface area contributed by atoms with E-state index in [1.807, 2.05) is 0 Å². The molecule has 0 aromatic rings. The summed E-state index contributed by atoms with van der Waals surface area (Å²) in [5, 5.41) is 8.83. The second-order valence-electron chi connectivity index (χ2n) is 4.52. The first kappa shape index (κ1) is 17.3. The van der Waals surface area contributed by atoms with Crippen molar-refractivity contribution in [3.8, 4) is 6.07 Å². The summed E-state index contributed by atoms with van der Waals surface area (Å²) in [4.78, 5) is 5.05. The Morgan fingerprint density at radius 3 is 2.25 bits per heavy atom. The Hall–Kier alpha value is 1.31. The van der Waals surface area contributed by atoms with Gasteiger partial charge in [-0.1, -0.05) is 0 Å². The third-order valence-corrected chi connectivity index (χ3v) is 5.71. The number of nitrogens with zero attached hydrogens (tertiary/aromatic N) is 4. The molecule has 0 spiro atoms. The average molecular weight is 510 g/mol. The maximum Gasteiger partial charge on any atom is 1.00 e. The molecule has 4 fully saturated rings. The molecule has 4 aliphatic rings. The molecule has 4 heterocycles. The van der Waals surface area contributed by atoms with E-state index in [1.165, 1.54) is 18.9 Å². The summed E-state index contributed by atoms with van der Waals surface area (Å²) in [6.07, 6.45) is 3.96. The molecule has 96 valence electrons. The van der Waals surface area contributed by atoms with Gasteiger partial charge in [0.1, 0.15) is 25.7 Å². The van der Waals surface area contributed by atoms with Crippen molar-refractivity contribution in [2.75, 3.05) is 45.4 Å². The number of halogens is 2. The summed E-state index contributed by atoms with van der Waals surface area (Å²) in [7, 11) is 0.201. The van der Waals surface area contributed by atoms with E-state index in [0.717, 1.165) is 24.5 Å². The summed E-state index contributed by atoms with van der Waals surface area (Å²) in [6, 6.07) is 2.35. The van der Waals surface area contributed by atoms with Gasteiger partial charge >= 0.3 is 22.4 Å². The van der Waals surface area contributed by atoms with Crippen LogP contribution in [-0.4, -0.2) is 59.7 Å². The van der Waals surface area contributed by atoms with Crippen LogP contribution in [0.15, 0.2) is 0 Å². The van der Waals surface area contributed by atoms with Crippen molar-refractivity contribution < 1.29 is 56.3 Å². The van der Waals surface area contributed by atoms with Crippen LogP contribution in [0, 0.1) is 11.3 Å². The van der Waals surface area contributed by atoms with Gasteiger partial charge in [0.2, 0.25) is 0 Å². The Labute approximate surface area is 130 Å². The van der Waals surface area contributed by atoms with Crippen LogP contribution in [0.2, 0.25) is 0 Å². The first-order chi connectivity index (χ1) is 6.30. The van der Waals surface area contributed by atoms with Gasteiger partial charge in [-0.25, -0.2) is 9.80 Å². The van der Waals surface area contributed by atoms with Crippen LogP contribution in [0.5, 0.6) is 0 Å². The summed E-state index contributed by atoms with van der Waals surface area (Å²) >= 11 is 0. The van der Waals surface area contributed by atoms with Gasteiger partial charge in [-0.15, -0.1) is 0 Å². The van der Waals surface area contributed by atoms with Crippen LogP contribution in [0.4, 0.5) is 0 Å². The third kappa shape index (κ3) is 3.00. The summed E-state index contributed by atoms with van der Waals surface area (Å²) in [5.41, 5.74) is 0. The van der Waals surface area contributed by atoms with Gasteiger partial charge in [0.15, 0.2) is 6.54 Å². The van der Waals surface area contributed by atoms with Crippen molar-refractivity contribution in [3.05, 3.63) is 0 Å². The summed E-state index contributed by atoms with van der Waals surface area (Å²) in [6.45, 7) is 4.13. The minimum Gasteiger partial charge on any atom is -1.00 e. The van der Waals surface area contributed by atoms with Crippen molar-refractivity contribution in [1.29, 1.82) is 5.26 Å². The molecule has 0 amide bonds. The Kier molecular flexibility index (Phi) is 7.00. The largest absolute Gasteiger partial charge is 1.00 e. The molecule has 2 atom stereocenters. The normalized spacial score (nSPS) is 42.3. The molecule has 4 rings (SSSR count). The molecule has 0 N–H and O–H groups in total. The van der Waals surface area contributed by atoms with E-state index in [0.29, 0.717) is 6.54 Å². The fraction of sp³-hybridized carbons (Fsp3) is 0.875. The molecule has 4 bridgehead atoms. The predicted molar refractivity (Wildman–Crippen MR) is 50.5 cm³/mol. The molecule has 0 saturated carbocycles. The molecule has 4 aliphatic heterocycles. The molecule has 16 heavy (non-hydrogen) atoms. The fourth-order valence-electron chi connectivity index (χ4n) is 2.96. The Morgan fingerprint density at radius 1 is 1.25 bits per heavy atom. The summed E-state index contributed by atoms with van der Waals surface area (Å²) in [5.74, 6) is 0. The average Bonchev–Trinajstić information content (AvgIpc) is 2.00. The number of quaternary nitrogens is 1. The maximum atomic E-state index is 8.83. The van der Waals surface area contributed by atoms with Gasteiger partial charge in [-0.2, -0.15) is 5.26 Å². The van der Waals surface area contributed by atoms with Crippen LogP contribution >= 0.6 is 7.92 Å². The van der Waals surface area contributed by atoms with Gasteiger partial charge < -0.3 is 29.4 Å². The Bertz CT molecular complexity index is 252. The van der Waals surface area contributed by atoms with Gasteiger partial charge in [-0.3, -0.25) is 4.48 Å². The van der Waals surface area contributed by atoms with Crippen molar-refractivity contribution in [1.82, 2.24) is 9.80 Å². The zero-order valence-corrected chi connectivity index (χ0v) is 14.1. The number of nitriles is 1. The van der Waals surface area contributed by atoms with Crippen LogP contribution in [0.3, 0.4) is 0 Å². The van der Waals surface area contributed by atoms with E-state index < -0.39 is 0 Å². The fourth-order valence-corrected chi connectivity index (χ4v) is 5.84. The van der Waals surface area contributed by atoms with Gasteiger partial charge in [0.05, 0.1) is 6.67 Å². The molecule has 4 saturated heterocycles. The standard InChI is InChI=1S/C8H14N4P.Au.BrH.ClH/c9-1-2-12-4-10-3-11(5-12)7-13(6-10)8-12;;;/h2-8H2;;2*1H/q2*+1;;/p-2. The second kappa shape index (κ2) is 6.47. The second-order valence-corrected chi connectivity index (χ2v) is 6.71. The molecule has 0 aromatic heterocycles. The van der Waals surface area contributed by atoms with Gasteiger partial charge in [-0.05, 0) is 7.92 Å². The Balaban J connectivity index is 0.000000750. The molecule has 4 nitrogen and oxygen atoms in total. The molecule has 8 heteroatoms. The van der Waals surface area contributed by atoms with Crippen molar-refractivity contribution in [2.45, 2.75) is 0 Å². The first-order valence-corrected chi connectivity index (χ1v) is 6.59. The predicted octanol–water partition coefficient (Wildman–Crippen LogP) is -5.80. The zero-order chi connectivity index (χ0) is 8.89. The van der Waals surface area contributed by atoms with E-state index in [9.17, 15) is 0 Å². The number of hydrogen-bond donors (Lipinski definition) is 0. The Morgan fingerprint density at radius 2 is 1.81 bits per heavy atom. The van der Waals surface area contributed by atoms with Crippen LogP contribution in [0.1, 0.15) is 0 Å². The van der Waals surface area contributed by atoms with Crippen LogP contribution in [-0.2, 0) is 22.4 Å². The number of hydrogen-bond acceptors (Lipinski definition) is 3.